The number of carboxylic acids is 1. The normalized spacial score (nSPS) is 14.0. The number of rotatable bonds is 14. The predicted octanol–water partition coefficient (Wildman–Crippen LogP) is 29.1. The molecule has 3 aromatic heterocycles. The zero-order valence-corrected chi connectivity index (χ0v) is 102. The number of nitrogens with one attached hydrogen (secondary N) is 5. The summed E-state index contributed by atoms with van der Waals surface area (Å²) in [6, 6.07) is 65.7. The number of carbonyl (C=O) groups excluding carboxylic acids is 6. The van der Waals surface area contributed by atoms with Crippen molar-refractivity contribution in [3.63, 3.8) is 0 Å². The first-order valence-electron chi connectivity index (χ1n) is 50.6. The van der Waals surface area contributed by atoms with Crippen LogP contribution in [0.4, 0.5) is 28.4 Å². The minimum Gasteiger partial charge on any atom is -1.00 e. The quantitative estimate of drug-likeness (QED) is 0.0175. The zero-order chi connectivity index (χ0) is 111. The van der Waals surface area contributed by atoms with Crippen molar-refractivity contribution in [2.24, 2.45) is 33.5 Å². The van der Waals surface area contributed by atoms with Gasteiger partial charge in [0.15, 0.2) is 0 Å². The average molecular weight is 2250 g/mol. The minimum atomic E-state index is -0.972. The molecule has 12 rings (SSSR count). The number of halogens is 4. The number of amides is 5. The van der Waals surface area contributed by atoms with Crippen LogP contribution in [-0.4, -0.2) is 114 Å². The van der Waals surface area contributed by atoms with Crippen LogP contribution in [-0.2, 0) is 60.2 Å². The molecule has 2 aliphatic rings. The van der Waals surface area contributed by atoms with Crippen molar-refractivity contribution in [3.05, 3.63) is 320 Å². The number of aryl methyl sites for hydroxylation is 2. The summed E-state index contributed by atoms with van der Waals surface area (Å²) in [6.07, 6.45) is 11.1. The predicted molar refractivity (Wildman–Crippen MR) is 624 cm³/mol. The Bertz CT molecular complexity index is 5630. The van der Waals surface area contributed by atoms with E-state index in [1.54, 1.807) is 42.7 Å². The summed E-state index contributed by atoms with van der Waals surface area (Å²) in [7, 11) is 0. The fourth-order valence-electron chi connectivity index (χ4n) is 14.9. The molecule has 148 heavy (non-hydrogen) atoms. The smallest absolute Gasteiger partial charge is 1.00 e. The van der Waals surface area contributed by atoms with Gasteiger partial charge < -0.3 is 73.5 Å². The van der Waals surface area contributed by atoms with Gasteiger partial charge in [-0.2, -0.15) is 5.41 Å². The number of carbonyl (C=O) groups is 7. The molecule has 810 valence electrons. The van der Waals surface area contributed by atoms with Crippen molar-refractivity contribution in [1.29, 1.82) is 5.26 Å². The van der Waals surface area contributed by atoms with E-state index >= 15 is 0 Å². The number of aromatic nitrogens is 3. The van der Waals surface area contributed by atoms with Crippen molar-refractivity contribution in [3.8, 4) is 0 Å². The summed E-state index contributed by atoms with van der Waals surface area (Å²) >= 11 is 11.6. The third-order valence-electron chi connectivity index (χ3n) is 22.2. The second-order valence-electron chi connectivity index (χ2n) is 45.4. The Labute approximate surface area is 946 Å². The van der Waals surface area contributed by atoms with Crippen LogP contribution >= 0.6 is 43.5 Å². The molecule has 19 nitrogen and oxygen atoms in total. The Balaban J connectivity index is -0.00000167. The van der Waals surface area contributed by atoms with Gasteiger partial charge in [-0.15, -0.1) is 0 Å². The fraction of sp³-hybridized carbons (Fsp3) is 0.463. The van der Waals surface area contributed by atoms with E-state index in [1.807, 2.05) is 188 Å². The molecule has 10 aromatic rings. The molecule has 8 N–H and O–H groups in total. The number of hydrogen-bond donors (Lipinski definition) is 7. The number of piperidine rings is 2. The summed E-state index contributed by atoms with van der Waals surface area (Å²) in [4.78, 5) is 100. The molecule has 2 aliphatic heterocycles. The maximum Gasteiger partial charge on any atom is 2.00 e. The van der Waals surface area contributed by atoms with Gasteiger partial charge in [0.1, 0.15) is 9.21 Å². The molecule has 5 heterocycles. The maximum absolute atomic E-state index is 13.6. The number of nitrogens with two attached hydrogens (primary N) is 1. The third-order valence-corrected chi connectivity index (χ3v) is 23.7. The second-order valence-corrected chi connectivity index (χ2v) is 47.3. The molecule has 2 fully saturated rings. The van der Waals surface area contributed by atoms with Crippen LogP contribution in [0.25, 0.3) is 0 Å². The van der Waals surface area contributed by atoms with Gasteiger partial charge in [0, 0.05) is 76.8 Å². The molecule has 0 spiro atoms. The third kappa shape index (κ3) is 55.0. The van der Waals surface area contributed by atoms with Gasteiger partial charge in [-0.05, 0) is 300 Å². The number of pyridine rings is 3. The number of likely N-dealkylation sites (tertiary alicyclic amines) is 1. The summed E-state index contributed by atoms with van der Waals surface area (Å²) in [6.45, 7) is 84.6. The van der Waals surface area contributed by atoms with Crippen LogP contribution < -0.4 is 44.7 Å². The number of aromatic carboxylic acids is 1. The molecule has 0 saturated carbocycles. The van der Waals surface area contributed by atoms with E-state index in [2.05, 4.69) is 310 Å². The van der Waals surface area contributed by atoms with Crippen LogP contribution in [0, 0.1) is 66.1 Å². The molecular weight excluding hydrogens is 2080 g/mol. The minimum absolute atomic E-state index is 0. The molecule has 0 radical (unpaired) electrons. The Hall–Kier alpha value is -9.44. The van der Waals surface area contributed by atoms with Crippen molar-refractivity contribution in [1.82, 2.24) is 25.2 Å². The van der Waals surface area contributed by atoms with Gasteiger partial charge in [-0.25, -0.2) is 14.8 Å². The van der Waals surface area contributed by atoms with Crippen LogP contribution in [0.2, 0.25) is 0 Å². The number of benzene rings is 7. The molecule has 5 amide bonds. The number of nitrogens with zero attached hydrogens (tertiary/aromatic N) is 5. The second kappa shape index (κ2) is 67.8. The first-order valence-corrected chi connectivity index (χ1v) is 52.6. The number of anilines is 5. The first kappa shape index (κ1) is 143. The standard InChI is InChI=1S/C29H40N2O2.C21H34N2O.C21H28N2O.C16H17BrN2O.C10H15N.C8H7ClO.C6H4BrNO2.C5H11.3C2H6.CN.ClH.Cu.Mg/c1-20-12-8-9-15-23(20)27(33)31-17-11-16-24(25(31)19-28(2,3)4)26(32)30-22-14-10-13-21(18-22)29(5,6)7;2*1-20(2,3)14-18-17(11-8-12-22-18)19(24)23-16-10-7-9-15(13-16)21(4,5)6;1-16(2,3)11-6-4-7-12(10-11)19-15(20)13-8-5-9-18-14(13)17;1-10(2,3)8-5-4-6-9(11)7-8;1-6-4-2-3-5-7(6)8(9)10;7-5-4(6(9)10)2-1-3-8-5;1-5(2,3)4;4*1-2;;;/h8-10,12-15,18,24-25H,11,16-17,19H2,1-7H3,(H,30,32);7,9-10,13,17-18,22H,8,11-12,14H2,1-6H3,(H,23,24);7-13H,14H2,1-6H3,(H,23,24);4-10H,1-3H3,(H,19,20);4-7H,11H2,1-3H3;2-5H,1H3;1-3H,(H,9,10);1H2,2-4H3;3*1-2H3;;1H;;/q;;;;;;;-1;;;;-1;;+1;+2/p-1/t24-,25-;17-,18-;;;;;;;;;;;;;/m00............./s1. The molecule has 2 saturated heterocycles. The van der Waals surface area contributed by atoms with Crippen molar-refractivity contribution in [2.75, 3.05) is 40.1 Å². The van der Waals surface area contributed by atoms with Gasteiger partial charge in [0.2, 0.25) is 11.8 Å². The SMILES string of the molecule is CC.CC.CC.CC(C)(C)C[C@@H]1NCCC[C@@H]1C(=O)Nc1cccc(C(C)(C)C)c1.CC(C)(C)Cc1ncccc1C(=O)Nc1cccc(C(C)(C)C)c1.CC(C)(C)c1cccc(N)c1.CC(C)(C)c1cccc(NC(=O)c2cccnc2Br)c1.Cc1ccccc1C(=O)Cl.Cc1ccccc1C(=O)N1CCC[C@H](C(=O)Nc2cccc(C(C)(C)C)c2)[C@@H]1CC(C)(C)C.O=C(O)c1cccnc1Br.[C-]#N.[CH2-]C(C)(C)C.[Cl-].[Cu+].[Mg+2]. The molecule has 4 atom stereocenters. The van der Waals surface area contributed by atoms with Gasteiger partial charge >= 0.3 is 46.1 Å². The topological polar surface area (TPSA) is 292 Å². The van der Waals surface area contributed by atoms with E-state index in [-0.39, 0.29) is 160 Å². The average Bonchev–Trinajstić information content (AvgIpc) is 0.784. The molecular formula is C123H174Br2Cl2CuMgN11O8. The Kier molecular flexibility index (Phi) is 65.3. The summed E-state index contributed by atoms with van der Waals surface area (Å²) in [5, 5.41) is 30.2. The molecule has 0 unspecified atom stereocenters. The van der Waals surface area contributed by atoms with Gasteiger partial charge in [-0.1, -0.05) is 326 Å². The van der Waals surface area contributed by atoms with Crippen molar-refractivity contribution in [2.45, 2.75) is 326 Å². The fourth-order valence-corrected chi connectivity index (χ4v) is 16.0. The Morgan fingerprint density at radius 2 is 0.764 bits per heavy atom. The molecule has 7 aromatic carbocycles. The van der Waals surface area contributed by atoms with Crippen LogP contribution in [0.3, 0.4) is 0 Å². The Morgan fingerprint density at radius 1 is 0.439 bits per heavy atom. The summed E-state index contributed by atoms with van der Waals surface area (Å²) < 4.78 is 0.909. The van der Waals surface area contributed by atoms with E-state index in [0.29, 0.717) is 32.4 Å². The van der Waals surface area contributed by atoms with Crippen LogP contribution in [0.15, 0.2) is 234 Å². The van der Waals surface area contributed by atoms with Gasteiger partial charge in [0.25, 0.3) is 23.0 Å². The maximum atomic E-state index is 13.6. The molecule has 0 aliphatic carbocycles. The van der Waals surface area contributed by atoms with Crippen LogP contribution in [0.1, 0.15) is 363 Å². The number of nitrogen functional groups attached to an aromatic ring is 1. The largest absolute Gasteiger partial charge is 2.00 e. The molecule has 0 bridgehead atoms. The number of hydrogen-bond acceptors (Lipinski definition) is 13. The van der Waals surface area contributed by atoms with E-state index < -0.39 is 11.2 Å². The Morgan fingerprint density at radius 3 is 1.09 bits per heavy atom. The molecule has 25 heteroatoms. The van der Waals surface area contributed by atoms with Crippen LogP contribution in [0.5, 0.6) is 0 Å². The zero-order valence-electron chi connectivity index (χ0n) is 95.4. The summed E-state index contributed by atoms with van der Waals surface area (Å²) in [5.74, 6) is -1.22. The van der Waals surface area contributed by atoms with Gasteiger partial charge in [-0.3, -0.25) is 33.8 Å². The van der Waals surface area contributed by atoms with E-state index in [1.165, 1.54) is 40.1 Å². The monoisotopic (exact) mass is 2250 g/mol. The van der Waals surface area contributed by atoms with E-state index in [9.17, 15) is 33.6 Å². The van der Waals surface area contributed by atoms with E-state index in [4.69, 9.17) is 34.3 Å². The van der Waals surface area contributed by atoms with Gasteiger partial charge in [0.05, 0.1) is 34.2 Å². The number of carboxylic acid groups (broad SMARTS) is 1. The van der Waals surface area contributed by atoms with Crippen molar-refractivity contribution >= 4 is 136 Å². The van der Waals surface area contributed by atoms with Crippen molar-refractivity contribution < 1.29 is 68.1 Å². The summed E-state index contributed by atoms with van der Waals surface area (Å²) in [5.41, 5.74) is 22.3. The van der Waals surface area contributed by atoms with E-state index in [0.717, 1.165) is 102 Å². The first-order chi connectivity index (χ1) is 67.3.